The van der Waals surface area contributed by atoms with Crippen LogP contribution in [-0.4, -0.2) is 26.0 Å². The van der Waals surface area contributed by atoms with E-state index in [4.69, 9.17) is 5.11 Å². The highest BCUT2D eigenvalue weighted by atomic mass is 32.2. The molecule has 2 aromatic rings. The topological polar surface area (TPSA) is 74.7 Å². The summed E-state index contributed by atoms with van der Waals surface area (Å²) in [5.74, 6) is -0.937. The van der Waals surface area contributed by atoms with E-state index in [1.807, 2.05) is 26.0 Å². The maximum atomic E-state index is 13.0. The summed E-state index contributed by atoms with van der Waals surface area (Å²) >= 11 is 0. The number of rotatable bonds is 7. The number of carboxylic acids is 1. The van der Waals surface area contributed by atoms with Gasteiger partial charge in [-0.05, 0) is 44.0 Å². The minimum atomic E-state index is -3.75. The molecule has 0 heterocycles. The smallest absolute Gasteiger partial charge is 0.303 e. The summed E-state index contributed by atoms with van der Waals surface area (Å²) < 4.78 is 27.4. The predicted molar refractivity (Wildman–Crippen MR) is 93.8 cm³/mol. The molecule has 0 radical (unpaired) electrons. The molecule has 6 heteroatoms. The van der Waals surface area contributed by atoms with Crippen LogP contribution < -0.4 is 4.31 Å². The van der Waals surface area contributed by atoms with Gasteiger partial charge in [0.2, 0.25) is 0 Å². The summed E-state index contributed by atoms with van der Waals surface area (Å²) in [5.41, 5.74) is 2.46. The summed E-state index contributed by atoms with van der Waals surface area (Å²) in [4.78, 5) is 11.0. The predicted octanol–water partition coefficient (Wildman–Crippen LogP) is 3.36. The highest BCUT2D eigenvalue weighted by Gasteiger charge is 2.25. The lowest BCUT2D eigenvalue weighted by Crippen LogP contribution is -2.33. The summed E-state index contributed by atoms with van der Waals surface area (Å²) in [7, 11) is -3.75. The number of anilines is 1. The number of hydrogen-bond donors (Lipinski definition) is 1. The van der Waals surface area contributed by atoms with Crippen LogP contribution in [0.5, 0.6) is 0 Å². The van der Waals surface area contributed by atoms with Gasteiger partial charge in [-0.25, -0.2) is 8.42 Å². The number of nitrogens with zero attached hydrogens (tertiary/aromatic N) is 1. The Morgan fingerprint density at radius 1 is 1.08 bits per heavy atom. The van der Waals surface area contributed by atoms with Gasteiger partial charge in [0.15, 0.2) is 0 Å². The summed E-state index contributed by atoms with van der Waals surface area (Å²) in [6, 6.07) is 13.7. The number of aryl methyl sites for hydroxylation is 2. The Kier molecular flexibility index (Phi) is 5.62. The maximum Gasteiger partial charge on any atom is 0.303 e. The van der Waals surface area contributed by atoms with Crippen LogP contribution in [0, 0.1) is 13.8 Å². The Balaban J connectivity index is 2.44. The molecule has 2 rings (SSSR count). The average Bonchev–Trinajstić information content (AvgIpc) is 2.53. The lowest BCUT2D eigenvalue weighted by atomic mass is 10.1. The number of hydrogen-bond acceptors (Lipinski definition) is 3. The number of carbonyl (C=O) groups is 1. The van der Waals surface area contributed by atoms with Crippen LogP contribution in [0.3, 0.4) is 0 Å². The standard InChI is InChI=1S/C18H21NO4S/c1-14-10-11-17(15(2)13-14)19(12-6-9-18(20)21)24(22,23)16-7-4-3-5-8-16/h3-5,7-8,10-11,13H,6,9,12H2,1-2H3,(H,20,21). The van der Waals surface area contributed by atoms with Crippen molar-refractivity contribution in [3.63, 3.8) is 0 Å². The van der Waals surface area contributed by atoms with Crippen LogP contribution in [-0.2, 0) is 14.8 Å². The normalized spacial score (nSPS) is 11.2. The van der Waals surface area contributed by atoms with Crippen molar-refractivity contribution in [3.05, 3.63) is 59.7 Å². The molecule has 0 spiro atoms. The van der Waals surface area contributed by atoms with E-state index >= 15 is 0 Å². The van der Waals surface area contributed by atoms with E-state index in [1.165, 1.54) is 4.31 Å². The van der Waals surface area contributed by atoms with E-state index in [0.29, 0.717) is 5.69 Å². The van der Waals surface area contributed by atoms with E-state index in [-0.39, 0.29) is 24.3 Å². The molecule has 0 aliphatic carbocycles. The van der Waals surface area contributed by atoms with Crippen LogP contribution in [0.4, 0.5) is 5.69 Å². The highest BCUT2D eigenvalue weighted by Crippen LogP contribution is 2.28. The Morgan fingerprint density at radius 2 is 1.75 bits per heavy atom. The lowest BCUT2D eigenvalue weighted by molar-refractivity contribution is -0.137. The molecular formula is C18H21NO4S. The molecule has 0 saturated heterocycles. The molecular weight excluding hydrogens is 326 g/mol. The SMILES string of the molecule is Cc1ccc(N(CCCC(=O)O)S(=O)(=O)c2ccccc2)c(C)c1. The molecule has 0 fully saturated rings. The minimum absolute atomic E-state index is 0.0777. The summed E-state index contributed by atoms with van der Waals surface area (Å²) in [5, 5.41) is 8.84. The number of sulfonamides is 1. The molecule has 2 aromatic carbocycles. The zero-order valence-electron chi connectivity index (χ0n) is 13.8. The van der Waals surface area contributed by atoms with Crippen LogP contribution in [0.15, 0.2) is 53.4 Å². The van der Waals surface area contributed by atoms with Crippen molar-refractivity contribution in [3.8, 4) is 0 Å². The third-order valence-electron chi connectivity index (χ3n) is 3.70. The third-order valence-corrected chi connectivity index (χ3v) is 5.53. The second-order valence-corrected chi connectivity index (χ2v) is 7.54. The van der Waals surface area contributed by atoms with Crippen LogP contribution in [0.25, 0.3) is 0 Å². The van der Waals surface area contributed by atoms with Gasteiger partial charge in [0.1, 0.15) is 0 Å². The fraction of sp³-hybridized carbons (Fsp3) is 0.278. The van der Waals surface area contributed by atoms with Crippen molar-refractivity contribution in [1.82, 2.24) is 0 Å². The zero-order chi connectivity index (χ0) is 17.7. The fourth-order valence-corrected chi connectivity index (χ4v) is 4.14. The second kappa shape index (κ2) is 7.49. The van der Waals surface area contributed by atoms with Gasteiger partial charge in [-0.2, -0.15) is 0 Å². The van der Waals surface area contributed by atoms with Crippen LogP contribution in [0.1, 0.15) is 24.0 Å². The molecule has 0 aliphatic rings. The van der Waals surface area contributed by atoms with Gasteiger partial charge in [-0.3, -0.25) is 9.10 Å². The Morgan fingerprint density at radius 3 is 2.33 bits per heavy atom. The van der Waals surface area contributed by atoms with Crippen molar-refractivity contribution in [2.45, 2.75) is 31.6 Å². The Hall–Kier alpha value is -2.34. The zero-order valence-corrected chi connectivity index (χ0v) is 14.6. The van der Waals surface area contributed by atoms with Crippen LogP contribution >= 0.6 is 0 Å². The molecule has 24 heavy (non-hydrogen) atoms. The van der Waals surface area contributed by atoms with E-state index < -0.39 is 16.0 Å². The Labute approximate surface area is 142 Å². The van der Waals surface area contributed by atoms with Gasteiger partial charge in [-0.15, -0.1) is 0 Å². The highest BCUT2D eigenvalue weighted by molar-refractivity contribution is 7.92. The molecule has 0 saturated carbocycles. The first-order valence-corrected chi connectivity index (χ1v) is 9.13. The van der Waals surface area contributed by atoms with Crippen molar-refractivity contribution in [1.29, 1.82) is 0 Å². The minimum Gasteiger partial charge on any atom is -0.481 e. The quantitative estimate of drug-likeness (QED) is 0.833. The molecule has 0 unspecified atom stereocenters. The first kappa shape index (κ1) is 18.0. The number of carboxylic acid groups (broad SMARTS) is 1. The summed E-state index contributed by atoms with van der Waals surface area (Å²) in [6.45, 7) is 3.91. The molecule has 0 atom stereocenters. The molecule has 0 amide bonds. The molecule has 0 bridgehead atoms. The monoisotopic (exact) mass is 347 g/mol. The van der Waals surface area contributed by atoms with Gasteiger partial charge in [0, 0.05) is 13.0 Å². The second-order valence-electron chi connectivity index (χ2n) is 5.68. The van der Waals surface area contributed by atoms with Crippen molar-refractivity contribution in [2.75, 3.05) is 10.8 Å². The Bertz CT molecular complexity index is 816. The summed E-state index contributed by atoms with van der Waals surface area (Å²) in [6.07, 6.45) is 0.167. The van der Waals surface area contributed by atoms with Gasteiger partial charge < -0.3 is 5.11 Å². The van der Waals surface area contributed by atoms with Crippen LogP contribution in [0.2, 0.25) is 0 Å². The maximum absolute atomic E-state index is 13.0. The lowest BCUT2D eigenvalue weighted by Gasteiger charge is -2.26. The van der Waals surface area contributed by atoms with E-state index in [1.54, 1.807) is 36.4 Å². The van der Waals surface area contributed by atoms with Crippen molar-refractivity contribution in [2.24, 2.45) is 0 Å². The van der Waals surface area contributed by atoms with E-state index in [2.05, 4.69) is 0 Å². The third kappa shape index (κ3) is 4.14. The average molecular weight is 347 g/mol. The molecule has 0 aromatic heterocycles. The number of benzene rings is 2. The molecule has 5 nitrogen and oxygen atoms in total. The van der Waals surface area contributed by atoms with E-state index in [9.17, 15) is 13.2 Å². The molecule has 1 N–H and O–H groups in total. The van der Waals surface area contributed by atoms with Crippen molar-refractivity contribution >= 4 is 21.7 Å². The van der Waals surface area contributed by atoms with Gasteiger partial charge in [-0.1, -0.05) is 35.9 Å². The van der Waals surface area contributed by atoms with E-state index in [0.717, 1.165) is 11.1 Å². The van der Waals surface area contributed by atoms with Gasteiger partial charge in [0.25, 0.3) is 10.0 Å². The fourth-order valence-electron chi connectivity index (χ4n) is 2.55. The first-order chi connectivity index (χ1) is 11.3. The van der Waals surface area contributed by atoms with Gasteiger partial charge in [0.05, 0.1) is 10.6 Å². The number of aliphatic carboxylic acids is 1. The molecule has 0 aliphatic heterocycles. The first-order valence-electron chi connectivity index (χ1n) is 7.69. The van der Waals surface area contributed by atoms with Gasteiger partial charge >= 0.3 is 5.97 Å². The van der Waals surface area contributed by atoms with Crippen molar-refractivity contribution < 1.29 is 18.3 Å². The largest absolute Gasteiger partial charge is 0.481 e. The molecule has 128 valence electrons.